The number of esters is 4. The summed E-state index contributed by atoms with van der Waals surface area (Å²) in [7, 11) is 0. The molecule has 1 aromatic carbocycles. The van der Waals surface area contributed by atoms with E-state index in [9.17, 15) is 19.2 Å². The van der Waals surface area contributed by atoms with Gasteiger partial charge in [0.25, 0.3) is 0 Å². The summed E-state index contributed by atoms with van der Waals surface area (Å²) in [6.07, 6.45) is -3.49. The van der Waals surface area contributed by atoms with Crippen LogP contribution in [0.2, 0.25) is 0 Å². The summed E-state index contributed by atoms with van der Waals surface area (Å²) in [6, 6.07) is 9.59. The highest BCUT2D eigenvalue weighted by molar-refractivity contribution is 5.69. The van der Waals surface area contributed by atoms with Crippen molar-refractivity contribution < 1.29 is 52.3 Å². The summed E-state index contributed by atoms with van der Waals surface area (Å²) in [4.78, 5) is 47.1. The minimum absolute atomic E-state index is 0.137. The largest absolute Gasteiger partial charge is 0.463 e. The zero-order chi connectivity index (χ0) is 25.8. The molecular formula is C24H32O11. The molecule has 1 aliphatic heterocycles. The summed E-state index contributed by atoms with van der Waals surface area (Å²) in [5.41, 5.74) is -0.619. The Morgan fingerprint density at radius 3 is 2.14 bits per heavy atom. The molecule has 4 unspecified atom stereocenters. The molecule has 1 heterocycles. The van der Waals surface area contributed by atoms with Gasteiger partial charge < -0.3 is 33.2 Å². The Hall–Kier alpha value is -3.02. The van der Waals surface area contributed by atoms with Crippen molar-refractivity contribution >= 4 is 23.9 Å². The number of carbonyl (C=O) groups is 4. The maximum Gasteiger partial charge on any atom is 0.303 e. The highest BCUT2D eigenvalue weighted by atomic mass is 16.7. The van der Waals surface area contributed by atoms with E-state index >= 15 is 0 Å². The number of carbonyl (C=O) groups excluding carboxylic acids is 4. The Labute approximate surface area is 203 Å². The molecule has 0 radical (unpaired) electrons. The molecule has 0 aliphatic carbocycles. The van der Waals surface area contributed by atoms with Crippen LogP contribution in [-0.4, -0.2) is 80.8 Å². The van der Waals surface area contributed by atoms with Crippen LogP contribution in [0.15, 0.2) is 30.3 Å². The molecule has 1 fully saturated rings. The molecule has 11 nitrogen and oxygen atoms in total. The third kappa shape index (κ3) is 9.27. The third-order valence-electron chi connectivity index (χ3n) is 4.95. The predicted molar refractivity (Wildman–Crippen MR) is 119 cm³/mol. The first-order valence-electron chi connectivity index (χ1n) is 11.1. The molecule has 0 bridgehead atoms. The van der Waals surface area contributed by atoms with Crippen LogP contribution in [0.1, 0.15) is 33.3 Å². The lowest BCUT2D eigenvalue weighted by atomic mass is 9.87. The van der Waals surface area contributed by atoms with Gasteiger partial charge in [-0.3, -0.25) is 19.2 Å². The Balaban J connectivity index is 2.14. The quantitative estimate of drug-likeness (QED) is 0.236. The van der Waals surface area contributed by atoms with E-state index in [2.05, 4.69) is 0 Å². The lowest BCUT2D eigenvalue weighted by molar-refractivity contribution is -0.272. The second-order valence-corrected chi connectivity index (χ2v) is 8.01. The zero-order valence-electron chi connectivity index (χ0n) is 20.4. The fraction of sp³-hybridized carbons (Fsp3) is 0.583. The van der Waals surface area contributed by atoms with Crippen LogP contribution in [0.3, 0.4) is 0 Å². The maximum absolute atomic E-state index is 12.0. The van der Waals surface area contributed by atoms with E-state index in [1.807, 2.05) is 30.3 Å². The standard InChI is InChI=1S/C24H32O11/c1-16(25)31-13-21-22(33-17(2)26)23(34-18(3)27)24(15-32-21,35-19(4)28)14-30-11-10-29-12-20-8-6-5-7-9-20/h5-9,21-23H,10-15H2,1-4H3. The van der Waals surface area contributed by atoms with Gasteiger partial charge in [0.2, 0.25) is 0 Å². The molecule has 0 aromatic heterocycles. The third-order valence-corrected chi connectivity index (χ3v) is 4.95. The van der Waals surface area contributed by atoms with Crippen LogP contribution < -0.4 is 0 Å². The van der Waals surface area contributed by atoms with Crippen molar-refractivity contribution in [3.05, 3.63) is 35.9 Å². The molecule has 0 spiro atoms. The van der Waals surface area contributed by atoms with Gasteiger partial charge in [-0.05, 0) is 5.56 Å². The minimum Gasteiger partial charge on any atom is -0.463 e. The first kappa shape index (κ1) is 28.2. The van der Waals surface area contributed by atoms with Crippen LogP contribution in [0, 0.1) is 0 Å². The van der Waals surface area contributed by atoms with E-state index in [-0.39, 0.29) is 33.0 Å². The number of rotatable bonds is 12. The van der Waals surface area contributed by atoms with Gasteiger partial charge in [-0.15, -0.1) is 0 Å². The fourth-order valence-corrected chi connectivity index (χ4v) is 3.60. The number of ether oxygens (including phenoxy) is 7. The molecule has 194 valence electrons. The van der Waals surface area contributed by atoms with Gasteiger partial charge in [0.15, 0.2) is 17.8 Å². The van der Waals surface area contributed by atoms with Crippen molar-refractivity contribution in [2.75, 3.05) is 33.0 Å². The Kier molecular flexibility index (Phi) is 11.1. The molecule has 0 saturated carbocycles. The van der Waals surface area contributed by atoms with E-state index in [1.54, 1.807) is 0 Å². The van der Waals surface area contributed by atoms with Gasteiger partial charge in [0.05, 0.1) is 33.0 Å². The minimum atomic E-state index is -1.62. The van der Waals surface area contributed by atoms with Gasteiger partial charge in [0, 0.05) is 27.7 Å². The first-order chi connectivity index (χ1) is 16.6. The van der Waals surface area contributed by atoms with Gasteiger partial charge in [-0.1, -0.05) is 30.3 Å². The smallest absolute Gasteiger partial charge is 0.303 e. The second-order valence-electron chi connectivity index (χ2n) is 8.01. The van der Waals surface area contributed by atoms with E-state index in [0.29, 0.717) is 6.61 Å². The molecule has 35 heavy (non-hydrogen) atoms. The molecule has 1 saturated heterocycles. The van der Waals surface area contributed by atoms with E-state index in [1.165, 1.54) is 13.8 Å². The predicted octanol–water partition coefficient (Wildman–Crippen LogP) is 1.35. The van der Waals surface area contributed by atoms with Crippen molar-refractivity contribution in [3.8, 4) is 0 Å². The molecule has 0 amide bonds. The number of hydrogen-bond acceptors (Lipinski definition) is 11. The van der Waals surface area contributed by atoms with Crippen molar-refractivity contribution in [1.29, 1.82) is 0 Å². The van der Waals surface area contributed by atoms with Gasteiger partial charge in [-0.25, -0.2) is 0 Å². The summed E-state index contributed by atoms with van der Waals surface area (Å²) in [5.74, 6) is -2.66. The molecule has 1 aliphatic rings. The average Bonchev–Trinajstić information content (AvgIpc) is 2.77. The Bertz CT molecular complexity index is 856. The SMILES string of the molecule is CC(=O)OCC1OCC(COCCOCc2ccccc2)(OC(C)=O)C(OC(C)=O)C1OC(C)=O. The Morgan fingerprint density at radius 1 is 0.886 bits per heavy atom. The van der Waals surface area contributed by atoms with Crippen LogP contribution in [0.4, 0.5) is 0 Å². The van der Waals surface area contributed by atoms with Crippen molar-refractivity contribution in [1.82, 2.24) is 0 Å². The maximum atomic E-state index is 12.0. The van der Waals surface area contributed by atoms with Gasteiger partial charge >= 0.3 is 23.9 Å². The lowest BCUT2D eigenvalue weighted by Gasteiger charge is -2.47. The second kappa shape index (κ2) is 13.8. The molecule has 0 N–H and O–H groups in total. The van der Waals surface area contributed by atoms with E-state index < -0.39 is 47.8 Å². The van der Waals surface area contributed by atoms with Gasteiger partial charge in [0.1, 0.15) is 12.7 Å². The van der Waals surface area contributed by atoms with E-state index in [0.717, 1.165) is 19.4 Å². The van der Waals surface area contributed by atoms with Crippen LogP contribution in [0.25, 0.3) is 0 Å². The average molecular weight is 497 g/mol. The van der Waals surface area contributed by atoms with Crippen molar-refractivity contribution in [3.63, 3.8) is 0 Å². The highest BCUT2D eigenvalue weighted by Crippen LogP contribution is 2.33. The Morgan fingerprint density at radius 2 is 1.54 bits per heavy atom. The first-order valence-corrected chi connectivity index (χ1v) is 11.1. The topological polar surface area (TPSA) is 133 Å². The van der Waals surface area contributed by atoms with Gasteiger partial charge in [-0.2, -0.15) is 0 Å². The monoisotopic (exact) mass is 496 g/mol. The van der Waals surface area contributed by atoms with E-state index in [4.69, 9.17) is 33.2 Å². The lowest BCUT2D eigenvalue weighted by Crippen LogP contribution is -2.67. The normalized spacial score (nSPS) is 23.7. The molecular weight excluding hydrogens is 464 g/mol. The molecule has 2 rings (SSSR count). The van der Waals surface area contributed by atoms with Crippen LogP contribution >= 0.6 is 0 Å². The molecule has 4 atom stereocenters. The number of hydrogen-bond donors (Lipinski definition) is 0. The van der Waals surface area contributed by atoms with Crippen molar-refractivity contribution in [2.45, 2.75) is 58.2 Å². The summed E-state index contributed by atoms with van der Waals surface area (Å²) >= 11 is 0. The molecule has 11 heteroatoms. The summed E-state index contributed by atoms with van der Waals surface area (Å²) in [6.45, 7) is 4.72. The zero-order valence-corrected chi connectivity index (χ0v) is 20.4. The van der Waals surface area contributed by atoms with Crippen LogP contribution in [0.5, 0.6) is 0 Å². The van der Waals surface area contributed by atoms with Crippen molar-refractivity contribution in [2.24, 2.45) is 0 Å². The van der Waals surface area contributed by atoms with Crippen LogP contribution in [-0.2, 0) is 58.9 Å². The summed E-state index contributed by atoms with van der Waals surface area (Å²) < 4.78 is 38.5. The summed E-state index contributed by atoms with van der Waals surface area (Å²) in [5, 5.41) is 0. The molecule has 1 aromatic rings. The highest BCUT2D eigenvalue weighted by Gasteiger charge is 2.57. The fourth-order valence-electron chi connectivity index (χ4n) is 3.60. The number of benzene rings is 1.